The number of aromatic nitrogens is 2. The van der Waals surface area contributed by atoms with Gasteiger partial charge in [-0.3, -0.25) is 19.1 Å². The molecule has 0 saturated carbocycles. The average Bonchev–Trinajstić information content (AvgIpc) is 3.14. The third-order valence-corrected chi connectivity index (χ3v) is 6.41. The highest BCUT2D eigenvalue weighted by Crippen LogP contribution is 2.44. The summed E-state index contributed by atoms with van der Waals surface area (Å²) in [7, 11) is 0. The van der Waals surface area contributed by atoms with Crippen LogP contribution in [0, 0.1) is 0 Å². The van der Waals surface area contributed by atoms with E-state index in [4.69, 9.17) is 9.47 Å². The van der Waals surface area contributed by atoms with E-state index in [1.807, 2.05) is 24.3 Å². The minimum atomic E-state index is -1.94. The number of aryl methyl sites for hydroxylation is 1. The lowest BCUT2D eigenvalue weighted by atomic mass is 9.87. The minimum Gasteiger partial charge on any atom is -0.457 e. The van der Waals surface area contributed by atoms with Gasteiger partial charge in [-0.1, -0.05) is 43.3 Å². The molecule has 0 unspecified atom stereocenters. The van der Waals surface area contributed by atoms with Crippen molar-refractivity contribution in [3.05, 3.63) is 92.3 Å². The van der Waals surface area contributed by atoms with Crippen molar-refractivity contribution in [2.24, 2.45) is 0 Å². The number of carbonyl (C=O) groups excluding carboxylic acids is 1. The Kier molecular flexibility index (Phi) is 6.00. The quantitative estimate of drug-likeness (QED) is 0.510. The molecule has 182 valence electrons. The fraction of sp³-hybridized carbons (Fsp3) is 0.320. The van der Waals surface area contributed by atoms with Crippen molar-refractivity contribution in [1.82, 2.24) is 14.9 Å². The maximum absolute atomic E-state index is 15.0. The normalized spacial score (nSPS) is 23.3. The number of aromatic amines is 1. The van der Waals surface area contributed by atoms with Crippen LogP contribution >= 0.6 is 0 Å². The number of hydrogen-bond acceptors (Lipinski definition) is 6. The van der Waals surface area contributed by atoms with Gasteiger partial charge in [-0.2, -0.15) is 0 Å². The highest BCUT2D eigenvalue weighted by atomic mass is 19.1. The molecule has 0 aliphatic carbocycles. The third kappa shape index (κ3) is 4.04. The van der Waals surface area contributed by atoms with Gasteiger partial charge in [0.15, 0.2) is 12.4 Å². The van der Waals surface area contributed by atoms with E-state index in [1.54, 1.807) is 31.2 Å². The topological polar surface area (TPSA) is 123 Å². The number of aliphatic hydroxyl groups excluding tert-OH is 1. The highest BCUT2D eigenvalue weighted by molar-refractivity contribution is 5.89. The van der Waals surface area contributed by atoms with Gasteiger partial charge in [0.2, 0.25) is 5.91 Å². The van der Waals surface area contributed by atoms with Gasteiger partial charge in [0, 0.05) is 29.4 Å². The van der Waals surface area contributed by atoms with Crippen LogP contribution < -0.4 is 21.3 Å². The van der Waals surface area contributed by atoms with Crippen LogP contribution in [-0.4, -0.2) is 45.5 Å². The number of aliphatic hydroxyl groups is 1. The number of alkyl halides is 1. The van der Waals surface area contributed by atoms with Gasteiger partial charge >= 0.3 is 5.69 Å². The Morgan fingerprint density at radius 3 is 2.37 bits per heavy atom. The van der Waals surface area contributed by atoms with Crippen LogP contribution in [0.15, 0.2) is 64.3 Å². The Balaban J connectivity index is 1.35. The number of nitrogens with one attached hydrogen (secondary N) is 2. The summed E-state index contributed by atoms with van der Waals surface area (Å²) in [6.45, 7) is 1.54. The minimum absolute atomic E-state index is 0.183. The zero-order valence-corrected chi connectivity index (χ0v) is 18.8. The van der Waals surface area contributed by atoms with Crippen molar-refractivity contribution in [2.75, 3.05) is 6.54 Å². The van der Waals surface area contributed by atoms with Crippen LogP contribution in [0.2, 0.25) is 0 Å². The summed E-state index contributed by atoms with van der Waals surface area (Å²) in [5.41, 5.74) is 0.258. The van der Waals surface area contributed by atoms with Gasteiger partial charge in [0.25, 0.3) is 5.56 Å². The molecule has 5 rings (SSSR count). The van der Waals surface area contributed by atoms with Crippen molar-refractivity contribution in [3.8, 4) is 11.5 Å². The first kappa shape index (κ1) is 23.0. The summed E-state index contributed by atoms with van der Waals surface area (Å²) in [4.78, 5) is 39.5. The van der Waals surface area contributed by atoms with Crippen LogP contribution in [0.5, 0.6) is 11.5 Å². The molecule has 0 spiro atoms. The van der Waals surface area contributed by atoms with Gasteiger partial charge in [0.05, 0.1) is 5.92 Å². The van der Waals surface area contributed by atoms with Crippen LogP contribution in [-0.2, 0) is 16.0 Å². The van der Waals surface area contributed by atoms with Crippen molar-refractivity contribution in [2.45, 2.75) is 43.9 Å². The summed E-state index contributed by atoms with van der Waals surface area (Å²) in [5.74, 6) is 0.103. The van der Waals surface area contributed by atoms with E-state index in [-0.39, 0.29) is 18.0 Å². The Hall–Kier alpha value is -3.76. The van der Waals surface area contributed by atoms with Crippen molar-refractivity contribution in [1.29, 1.82) is 0 Å². The molecule has 3 aromatic rings. The Labute approximate surface area is 199 Å². The molecule has 1 fully saturated rings. The maximum Gasteiger partial charge on any atom is 0.330 e. The maximum atomic E-state index is 15.0. The van der Waals surface area contributed by atoms with Crippen LogP contribution in [0.1, 0.15) is 35.8 Å². The summed E-state index contributed by atoms with van der Waals surface area (Å²) in [6, 6.07) is 14.4. The standard InChI is InChI=1S/C25H24FN3O6/c1-2-13-12-29(25(33)28-22(13)31)24-20(26)21(30)18(35-24)11-27-23(32)19-14-7-3-5-9-16(14)34-17-10-6-4-8-15(17)19/h3-10,12,18-21,24,30H,2,11H2,1H3,(H,27,32)(H,28,31,33)/t18-,20+,21-,24-/m0/s1. The molecule has 1 saturated heterocycles. The van der Waals surface area contributed by atoms with E-state index in [1.165, 1.54) is 6.20 Å². The first-order valence-electron chi connectivity index (χ1n) is 11.3. The van der Waals surface area contributed by atoms with Gasteiger partial charge < -0.3 is 19.9 Å². The van der Waals surface area contributed by atoms with Gasteiger partial charge in [-0.05, 0) is 18.6 Å². The summed E-state index contributed by atoms with van der Waals surface area (Å²) in [6.07, 6.45) is -4.50. The van der Waals surface area contributed by atoms with E-state index in [9.17, 15) is 23.9 Å². The smallest absolute Gasteiger partial charge is 0.330 e. The number of fused-ring (bicyclic) bond motifs is 2. The molecule has 2 aliphatic rings. The predicted octanol–water partition coefficient (Wildman–Crippen LogP) is 1.75. The molecule has 1 amide bonds. The van der Waals surface area contributed by atoms with Crippen molar-refractivity contribution >= 4 is 5.91 Å². The first-order chi connectivity index (χ1) is 16.9. The number of carbonyl (C=O) groups is 1. The summed E-state index contributed by atoms with van der Waals surface area (Å²) in [5, 5.41) is 13.2. The Morgan fingerprint density at radius 1 is 1.11 bits per heavy atom. The number of halogens is 1. The second-order valence-corrected chi connectivity index (χ2v) is 8.53. The number of ether oxygens (including phenoxy) is 2. The number of benzene rings is 2. The van der Waals surface area contributed by atoms with Crippen molar-refractivity contribution in [3.63, 3.8) is 0 Å². The molecule has 2 aromatic carbocycles. The van der Waals surface area contributed by atoms with E-state index in [0.717, 1.165) is 4.57 Å². The third-order valence-electron chi connectivity index (χ3n) is 6.41. The Bertz CT molecular complexity index is 1340. The number of amides is 1. The number of H-pyrrole nitrogens is 1. The van der Waals surface area contributed by atoms with Crippen LogP contribution in [0.25, 0.3) is 0 Å². The zero-order chi connectivity index (χ0) is 24.7. The van der Waals surface area contributed by atoms with Crippen molar-refractivity contribution < 1.29 is 23.8 Å². The van der Waals surface area contributed by atoms with E-state index in [0.29, 0.717) is 29.0 Å². The SMILES string of the molecule is CCc1cn([C@H]2O[C@@H](CNC(=O)C3c4ccccc4Oc4ccccc43)[C@H](O)[C@H]2F)c(=O)[nH]c1=O. The summed E-state index contributed by atoms with van der Waals surface area (Å²) < 4.78 is 27.4. The van der Waals surface area contributed by atoms with Gasteiger partial charge in [-0.15, -0.1) is 0 Å². The average molecular weight is 481 g/mol. The lowest BCUT2D eigenvalue weighted by molar-refractivity contribution is -0.123. The molecular formula is C25H24FN3O6. The van der Waals surface area contributed by atoms with Crippen LogP contribution in [0.3, 0.4) is 0 Å². The lowest BCUT2D eigenvalue weighted by Crippen LogP contribution is -2.41. The molecule has 2 aliphatic heterocycles. The van der Waals surface area contributed by atoms with Crippen LogP contribution in [0.4, 0.5) is 4.39 Å². The van der Waals surface area contributed by atoms with Gasteiger partial charge in [-0.25, -0.2) is 9.18 Å². The molecule has 1 aromatic heterocycles. The number of hydrogen-bond donors (Lipinski definition) is 3. The predicted molar refractivity (Wildman–Crippen MR) is 123 cm³/mol. The lowest BCUT2D eigenvalue weighted by Gasteiger charge is -2.28. The zero-order valence-electron chi connectivity index (χ0n) is 18.8. The summed E-state index contributed by atoms with van der Waals surface area (Å²) >= 11 is 0. The molecule has 0 bridgehead atoms. The first-order valence-corrected chi connectivity index (χ1v) is 11.3. The molecule has 4 atom stereocenters. The molecule has 35 heavy (non-hydrogen) atoms. The highest BCUT2D eigenvalue weighted by Gasteiger charge is 2.46. The molecule has 3 heterocycles. The number of para-hydroxylation sites is 2. The number of rotatable bonds is 5. The molecule has 3 N–H and O–H groups in total. The number of nitrogens with zero attached hydrogens (tertiary/aromatic N) is 1. The monoisotopic (exact) mass is 481 g/mol. The van der Waals surface area contributed by atoms with E-state index in [2.05, 4.69) is 10.3 Å². The molecule has 9 nitrogen and oxygen atoms in total. The van der Waals surface area contributed by atoms with Gasteiger partial charge in [0.1, 0.15) is 23.7 Å². The second kappa shape index (κ2) is 9.12. The fourth-order valence-corrected chi connectivity index (χ4v) is 4.56. The molecular weight excluding hydrogens is 457 g/mol. The van der Waals surface area contributed by atoms with E-state index >= 15 is 0 Å². The molecule has 10 heteroatoms. The second-order valence-electron chi connectivity index (χ2n) is 8.53. The molecule has 0 radical (unpaired) electrons. The Morgan fingerprint density at radius 2 is 1.74 bits per heavy atom. The largest absolute Gasteiger partial charge is 0.457 e. The fourth-order valence-electron chi connectivity index (χ4n) is 4.56. The van der Waals surface area contributed by atoms with E-state index < -0.39 is 41.8 Å².